The van der Waals surface area contributed by atoms with E-state index in [0.717, 1.165) is 58.2 Å². The van der Waals surface area contributed by atoms with E-state index >= 15 is 0 Å². The number of carbonyl (C=O) groups is 1. The molecule has 0 aromatic heterocycles. The van der Waals surface area contributed by atoms with E-state index < -0.39 is 5.60 Å². The normalized spacial score (nSPS) is 31.1. The number of ether oxygens (including phenoxy) is 1. The fourth-order valence-electron chi connectivity index (χ4n) is 4.71. The first-order valence-corrected chi connectivity index (χ1v) is 9.80. The number of rotatable bonds is 4. The van der Waals surface area contributed by atoms with E-state index in [4.69, 9.17) is 4.74 Å². The highest BCUT2D eigenvalue weighted by Crippen LogP contribution is 2.51. The van der Waals surface area contributed by atoms with Crippen LogP contribution in [-0.4, -0.2) is 53.1 Å². The van der Waals surface area contributed by atoms with Gasteiger partial charge in [0.1, 0.15) is 5.60 Å². The second kappa shape index (κ2) is 6.40. The van der Waals surface area contributed by atoms with Crippen LogP contribution >= 0.6 is 0 Å². The van der Waals surface area contributed by atoms with Crippen LogP contribution in [0.15, 0.2) is 30.3 Å². The Bertz CT molecular complexity index is 618. The minimum Gasteiger partial charge on any atom is -0.357 e. The van der Waals surface area contributed by atoms with Crippen molar-refractivity contribution in [1.29, 1.82) is 0 Å². The number of carbonyl (C=O) groups excluding carboxylic acids is 1. The summed E-state index contributed by atoms with van der Waals surface area (Å²) in [5, 5.41) is 0. The topological polar surface area (TPSA) is 32.8 Å². The zero-order chi connectivity index (χ0) is 17.5. The third-order valence-electron chi connectivity index (χ3n) is 6.42. The quantitative estimate of drug-likeness (QED) is 0.842. The Labute approximate surface area is 151 Å². The van der Waals surface area contributed by atoms with E-state index in [9.17, 15) is 4.79 Å². The summed E-state index contributed by atoms with van der Waals surface area (Å²) in [6.45, 7) is 4.69. The lowest BCUT2D eigenvalue weighted by Gasteiger charge is -2.50. The fraction of sp³-hybridized carbons (Fsp3) is 0.667. The first kappa shape index (κ1) is 17.0. The lowest BCUT2D eigenvalue weighted by molar-refractivity contribution is -0.199. The number of hydrogen-bond acceptors (Lipinski definition) is 3. The largest absolute Gasteiger partial charge is 0.357 e. The maximum atomic E-state index is 12.5. The molecule has 2 aliphatic carbocycles. The number of nitrogens with zero attached hydrogens (tertiary/aromatic N) is 2. The van der Waals surface area contributed by atoms with Crippen LogP contribution in [0.4, 0.5) is 0 Å². The number of hydrogen-bond donors (Lipinski definition) is 0. The highest BCUT2D eigenvalue weighted by Gasteiger charge is 2.61. The van der Waals surface area contributed by atoms with Crippen LogP contribution in [0.3, 0.4) is 0 Å². The molecule has 2 saturated carbocycles. The van der Waals surface area contributed by atoms with Crippen LogP contribution in [0.1, 0.15) is 51.0 Å². The van der Waals surface area contributed by atoms with Gasteiger partial charge >= 0.3 is 0 Å². The van der Waals surface area contributed by atoms with Crippen LogP contribution in [-0.2, 0) is 16.1 Å². The fourth-order valence-corrected chi connectivity index (χ4v) is 4.71. The molecule has 3 fully saturated rings. The summed E-state index contributed by atoms with van der Waals surface area (Å²) >= 11 is 0. The highest BCUT2D eigenvalue weighted by atomic mass is 16.5. The highest BCUT2D eigenvalue weighted by molar-refractivity contribution is 5.89. The molecule has 4 heteroatoms. The summed E-state index contributed by atoms with van der Waals surface area (Å²) in [6, 6.07) is 11.3. The molecular weight excluding hydrogens is 312 g/mol. The van der Waals surface area contributed by atoms with Crippen LogP contribution in [0.5, 0.6) is 0 Å². The molecule has 136 valence electrons. The smallest absolute Gasteiger partial charge is 0.254 e. The van der Waals surface area contributed by atoms with Gasteiger partial charge in [0.05, 0.1) is 5.60 Å². The lowest BCUT2D eigenvalue weighted by atomic mass is 9.79. The van der Waals surface area contributed by atoms with Crippen molar-refractivity contribution in [3.63, 3.8) is 0 Å². The maximum absolute atomic E-state index is 12.5. The van der Waals surface area contributed by atoms with Gasteiger partial charge in [-0.2, -0.15) is 0 Å². The van der Waals surface area contributed by atoms with Crippen LogP contribution in [0.25, 0.3) is 0 Å². The number of benzene rings is 1. The Kier molecular flexibility index (Phi) is 4.37. The monoisotopic (exact) mass is 342 g/mol. The molecule has 25 heavy (non-hydrogen) atoms. The van der Waals surface area contributed by atoms with E-state index in [1.807, 2.05) is 4.90 Å². The second-order valence-corrected chi connectivity index (χ2v) is 8.23. The molecule has 1 aromatic carbocycles. The molecule has 0 unspecified atom stereocenters. The van der Waals surface area contributed by atoms with Gasteiger partial charge in [0.25, 0.3) is 5.91 Å². The zero-order valence-electron chi connectivity index (χ0n) is 15.5. The lowest BCUT2D eigenvalue weighted by Crippen LogP contribution is -2.61. The van der Waals surface area contributed by atoms with Gasteiger partial charge < -0.3 is 9.64 Å². The van der Waals surface area contributed by atoms with Crippen molar-refractivity contribution in [3.8, 4) is 0 Å². The van der Waals surface area contributed by atoms with E-state index in [2.05, 4.69) is 49.2 Å². The molecule has 0 atom stereocenters. The van der Waals surface area contributed by atoms with Crippen molar-refractivity contribution in [1.82, 2.24) is 9.80 Å². The van der Waals surface area contributed by atoms with Gasteiger partial charge in [-0.25, -0.2) is 0 Å². The van der Waals surface area contributed by atoms with Crippen LogP contribution in [0, 0.1) is 0 Å². The minimum absolute atomic E-state index is 0.0928. The minimum atomic E-state index is -0.447. The Balaban J connectivity index is 1.38. The van der Waals surface area contributed by atoms with E-state index in [0.29, 0.717) is 6.04 Å². The SMILES string of the molecule is CCN1C[C@]2(CC[C@@H](N(C)Cc3ccccc3)CC2)OC2(CC2)C1=O. The molecule has 0 N–H and O–H groups in total. The third kappa shape index (κ3) is 3.22. The summed E-state index contributed by atoms with van der Waals surface area (Å²) in [6.07, 6.45) is 6.30. The number of morpholine rings is 1. The van der Waals surface area contributed by atoms with Crippen molar-refractivity contribution in [2.75, 3.05) is 20.1 Å². The van der Waals surface area contributed by atoms with Gasteiger partial charge in [0, 0.05) is 25.7 Å². The molecule has 3 aliphatic rings. The van der Waals surface area contributed by atoms with Gasteiger partial charge in [0.15, 0.2) is 0 Å². The van der Waals surface area contributed by atoms with Crippen molar-refractivity contribution in [2.24, 2.45) is 0 Å². The van der Waals surface area contributed by atoms with E-state index in [1.165, 1.54) is 5.56 Å². The molecule has 2 spiro atoms. The van der Waals surface area contributed by atoms with Crippen molar-refractivity contribution in [3.05, 3.63) is 35.9 Å². The molecule has 0 bridgehead atoms. The van der Waals surface area contributed by atoms with E-state index in [-0.39, 0.29) is 11.5 Å². The Morgan fingerprint density at radius 3 is 2.44 bits per heavy atom. The van der Waals surface area contributed by atoms with Gasteiger partial charge in [-0.1, -0.05) is 30.3 Å². The van der Waals surface area contributed by atoms with Gasteiger partial charge in [-0.05, 0) is 58.1 Å². The molecule has 4 rings (SSSR count). The average molecular weight is 342 g/mol. The Morgan fingerprint density at radius 2 is 1.84 bits per heavy atom. The van der Waals surface area contributed by atoms with Gasteiger partial charge in [0.2, 0.25) is 0 Å². The zero-order valence-corrected chi connectivity index (χ0v) is 15.5. The van der Waals surface area contributed by atoms with Gasteiger partial charge in [-0.15, -0.1) is 0 Å². The summed E-state index contributed by atoms with van der Waals surface area (Å²) in [7, 11) is 2.24. The molecule has 1 aliphatic heterocycles. The predicted molar refractivity (Wildman–Crippen MR) is 98.2 cm³/mol. The molecule has 0 radical (unpaired) electrons. The molecule has 1 amide bonds. The summed E-state index contributed by atoms with van der Waals surface area (Å²) in [5.41, 5.74) is 0.834. The van der Waals surface area contributed by atoms with Gasteiger partial charge in [-0.3, -0.25) is 9.69 Å². The molecule has 1 heterocycles. The number of likely N-dealkylation sites (N-methyl/N-ethyl adjacent to an activating group) is 1. The van der Waals surface area contributed by atoms with Crippen molar-refractivity contribution >= 4 is 5.91 Å². The first-order valence-electron chi connectivity index (χ1n) is 9.80. The molecule has 4 nitrogen and oxygen atoms in total. The number of amides is 1. The van der Waals surface area contributed by atoms with Crippen molar-refractivity contribution < 1.29 is 9.53 Å². The van der Waals surface area contributed by atoms with Crippen molar-refractivity contribution in [2.45, 2.75) is 69.2 Å². The predicted octanol–water partition coefficient (Wildman–Crippen LogP) is 3.21. The molecule has 1 aromatic rings. The maximum Gasteiger partial charge on any atom is 0.254 e. The van der Waals surface area contributed by atoms with Crippen LogP contribution in [0.2, 0.25) is 0 Å². The summed E-state index contributed by atoms with van der Waals surface area (Å²) < 4.78 is 6.49. The molecular formula is C21H30N2O2. The average Bonchev–Trinajstić information content (AvgIpc) is 3.40. The Hall–Kier alpha value is -1.39. The summed E-state index contributed by atoms with van der Waals surface area (Å²) in [4.78, 5) is 17.1. The third-order valence-corrected chi connectivity index (χ3v) is 6.42. The molecule has 1 saturated heterocycles. The summed E-state index contributed by atoms with van der Waals surface area (Å²) in [5.74, 6) is 0.240. The first-order chi connectivity index (χ1) is 12.1. The second-order valence-electron chi connectivity index (χ2n) is 8.23. The van der Waals surface area contributed by atoms with E-state index in [1.54, 1.807) is 0 Å². The van der Waals surface area contributed by atoms with Crippen LogP contribution < -0.4 is 0 Å². The Morgan fingerprint density at radius 1 is 1.16 bits per heavy atom. The standard InChI is InChI=1S/C21H30N2O2/c1-3-23-16-20(25-21(13-14-21)19(23)24)11-9-18(10-12-20)22(2)15-17-7-5-4-6-8-17/h4-8,18H,3,9-16H2,1-2H3/t18-,20-.